The predicted octanol–water partition coefficient (Wildman–Crippen LogP) is 7.40. The molecule has 0 spiro atoms. The monoisotopic (exact) mass is 573 g/mol. The number of rotatable bonds is 6. The number of nitrogens with two attached hydrogens (primary N) is 1. The number of aryl methyl sites for hydroxylation is 4. The quantitative estimate of drug-likeness (QED) is 0.222. The molecule has 0 aliphatic heterocycles. The first-order valence-electron chi connectivity index (χ1n) is 10.3. The van der Waals surface area contributed by atoms with E-state index >= 15 is 0 Å². The summed E-state index contributed by atoms with van der Waals surface area (Å²) in [5, 5.41) is -0.317. The summed E-state index contributed by atoms with van der Waals surface area (Å²) in [7, 11) is 0. The molecular formula is C25H34Br2ClNO2. The van der Waals surface area contributed by atoms with Crippen LogP contribution in [0, 0.1) is 27.7 Å². The minimum absolute atomic E-state index is 0.00324. The number of nitrogen functional groups attached to an aromatic ring is 1. The first-order valence-corrected chi connectivity index (χ1v) is 12.5. The third-order valence-electron chi connectivity index (χ3n) is 4.85. The van der Waals surface area contributed by atoms with Gasteiger partial charge in [-0.3, -0.25) is 9.59 Å². The van der Waals surface area contributed by atoms with Crippen LogP contribution in [0.25, 0.3) is 0 Å². The van der Waals surface area contributed by atoms with Gasteiger partial charge in [0.25, 0.3) is 0 Å². The van der Waals surface area contributed by atoms with E-state index in [9.17, 15) is 9.59 Å². The molecule has 6 heteroatoms. The van der Waals surface area contributed by atoms with Crippen molar-refractivity contribution in [3.8, 4) is 0 Å². The van der Waals surface area contributed by atoms with Gasteiger partial charge in [0.05, 0.1) is 9.65 Å². The summed E-state index contributed by atoms with van der Waals surface area (Å²) in [5.41, 5.74) is 12.5. The number of hydrogen-bond acceptors (Lipinski definition) is 3. The molecule has 0 radical (unpaired) electrons. The van der Waals surface area contributed by atoms with Gasteiger partial charge in [0.2, 0.25) is 5.24 Å². The molecule has 3 nitrogen and oxygen atoms in total. The summed E-state index contributed by atoms with van der Waals surface area (Å²) >= 11 is 11.5. The Balaban J connectivity index is 0.000000479. The van der Waals surface area contributed by atoms with Gasteiger partial charge in [-0.2, -0.15) is 0 Å². The average Bonchev–Trinajstić information content (AvgIpc) is 2.74. The number of halogens is 3. The number of benzene rings is 2. The van der Waals surface area contributed by atoms with Gasteiger partial charge >= 0.3 is 0 Å². The highest BCUT2D eigenvalue weighted by Gasteiger charge is 2.15. The SMILES string of the molecule is CCC(Br)C(=O)Cc1c(C)cccc1C.CCC(Br)C(=O)Cl.Cc1cccc(C)c1N. The van der Waals surface area contributed by atoms with Crippen molar-refractivity contribution >= 4 is 60.2 Å². The molecule has 0 aliphatic carbocycles. The third kappa shape index (κ3) is 11.3. The van der Waals surface area contributed by atoms with Crippen LogP contribution in [0.5, 0.6) is 0 Å². The molecule has 0 bridgehead atoms. The molecule has 0 saturated heterocycles. The number of carbonyl (C=O) groups is 2. The van der Waals surface area contributed by atoms with E-state index in [0.29, 0.717) is 6.42 Å². The molecule has 31 heavy (non-hydrogen) atoms. The van der Waals surface area contributed by atoms with Crippen molar-refractivity contribution in [2.75, 3.05) is 5.73 Å². The highest BCUT2D eigenvalue weighted by atomic mass is 79.9. The van der Waals surface area contributed by atoms with Crippen LogP contribution in [-0.4, -0.2) is 20.7 Å². The van der Waals surface area contributed by atoms with E-state index in [0.717, 1.165) is 29.7 Å². The molecule has 2 unspecified atom stereocenters. The molecular weight excluding hydrogens is 542 g/mol. The van der Waals surface area contributed by atoms with Crippen LogP contribution in [0.2, 0.25) is 0 Å². The summed E-state index contributed by atoms with van der Waals surface area (Å²) in [4.78, 5) is 21.7. The minimum Gasteiger partial charge on any atom is -0.398 e. The van der Waals surface area contributed by atoms with Crippen LogP contribution in [0.15, 0.2) is 36.4 Å². The molecule has 2 aromatic rings. The summed E-state index contributed by atoms with van der Waals surface area (Å²) in [6.07, 6.45) is 2.15. The number of hydrogen-bond donors (Lipinski definition) is 1. The van der Waals surface area contributed by atoms with Gasteiger partial charge in [-0.1, -0.05) is 82.1 Å². The predicted molar refractivity (Wildman–Crippen MR) is 142 cm³/mol. The lowest BCUT2D eigenvalue weighted by Gasteiger charge is -2.10. The number of alkyl halides is 2. The number of ketones is 1. The number of carbonyl (C=O) groups excluding carboxylic acids is 2. The van der Waals surface area contributed by atoms with Crippen LogP contribution in [0.1, 0.15) is 54.5 Å². The van der Waals surface area contributed by atoms with E-state index in [1.165, 1.54) is 16.7 Å². The largest absolute Gasteiger partial charge is 0.398 e. The highest BCUT2D eigenvalue weighted by molar-refractivity contribution is 9.10. The summed E-state index contributed by atoms with van der Waals surface area (Å²) in [6, 6.07) is 12.2. The number of Topliss-reactive ketones (excluding diaryl/α,β-unsaturated/α-hetero) is 1. The lowest BCUT2D eigenvalue weighted by atomic mass is 9.97. The van der Waals surface area contributed by atoms with Gasteiger partial charge < -0.3 is 5.73 Å². The summed E-state index contributed by atoms with van der Waals surface area (Å²) < 4.78 is 0. The molecule has 2 atom stereocenters. The first kappa shape index (κ1) is 29.8. The normalized spacial score (nSPS) is 11.9. The van der Waals surface area contributed by atoms with Crippen molar-refractivity contribution < 1.29 is 9.59 Å². The fraction of sp³-hybridized carbons (Fsp3) is 0.440. The van der Waals surface area contributed by atoms with Crippen molar-refractivity contribution in [1.29, 1.82) is 0 Å². The second kappa shape index (κ2) is 15.6. The Bertz CT molecular complexity index is 815. The van der Waals surface area contributed by atoms with Crippen LogP contribution < -0.4 is 5.73 Å². The first-order chi connectivity index (χ1) is 14.5. The Morgan fingerprint density at radius 1 is 0.839 bits per heavy atom. The van der Waals surface area contributed by atoms with Gasteiger partial charge in [0.1, 0.15) is 0 Å². The average molecular weight is 576 g/mol. The van der Waals surface area contributed by atoms with Gasteiger partial charge in [0.15, 0.2) is 5.78 Å². The molecule has 0 amide bonds. The number of para-hydroxylation sites is 1. The van der Waals surface area contributed by atoms with Crippen LogP contribution in [0.4, 0.5) is 5.69 Å². The second-order valence-corrected chi connectivity index (χ2v) is 9.96. The minimum atomic E-state index is -0.317. The topological polar surface area (TPSA) is 60.2 Å². The molecule has 2 rings (SSSR count). The van der Waals surface area contributed by atoms with Crippen LogP contribution >= 0.6 is 43.5 Å². The van der Waals surface area contributed by atoms with Gasteiger partial charge in [-0.25, -0.2) is 0 Å². The smallest absolute Gasteiger partial charge is 0.235 e. The number of anilines is 1. The third-order valence-corrected chi connectivity index (χ3v) is 7.60. The lowest BCUT2D eigenvalue weighted by Crippen LogP contribution is -2.16. The zero-order chi connectivity index (χ0) is 24.1. The fourth-order valence-electron chi connectivity index (χ4n) is 2.63. The van der Waals surface area contributed by atoms with Crippen molar-refractivity contribution in [1.82, 2.24) is 0 Å². The standard InChI is InChI=1S/C13H17BrO.C8H11N.C4H6BrClO/c1-4-12(14)13(15)8-11-9(2)6-5-7-10(11)3;1-6-4-3-5-7(2)8(6)9;1-2-3(5)4(6)7/h5-7,12H,4,8H2,1-3H3;3-5H,9H2,1-2H3;3H,2H2,1H3. The second-order valence-electron chi connectivity index (χ2n) is 7.37. The van der Waals surface area contributed by atoms with Crippen molar-refractivity contribution in [2.24, 2.45) is 0 Å². The molecule has 0 aliphatic rings. The van der Waals surface area contributed by atoms with Gasteiger partial charge in [-0.15, -0.1) is 0 Å². The molecule has 0 aromatic heterocycles. The van der Waals surface area contributed by atoms with Gasteiger partial charge in [0, 0.05) is 12.1 Å². The Morgan fingerprint density at radius 2 is 1.23 bits per heavy atom. The molecule has 172 valence electrons. The van der Waals surface area contributed by atoms with E-state index in [2.05, 4.69) is 57.8 Å². The van der Waals surface area contributed by atoms with E-state index < -0.39 is 0 Å². The van der Waals surface area contributed by atoms with E-state index in [1.54, 1.807) is 0 Å². The van der Waals surface area contributed by atoms with Crippen molar-refractivity contribution in [2.45, 2.75) is 70.5 Å². The molecule has 2 aromatic carbocycles. The summed E-state index contributed by atoms with van der Waals surface area (Å²) in [6.45, 7) is 12.1. The molecule has 2 N–H and O–H groups in total. The maximum absolute atomic E-state index is 11.8. The zero-order valence-corrected chi connectivity index (χ0v) is 23.2. The van der Waals surface area contributed by atoms with Crippen molar-refractivity contribution in [3.05, 3.63) is 64.2 Å². The molecule has 0 saturated carbocycles. The Morgan fingerprint density at radius 3 is 1.52 bits per heavy atom. The van der Waals surface area contributed by atoms with E-state index in [-0.39, 0.29) is 20.7 Å². The summed E-state index contributed by atoms with van der Waals surface area (Å²) in [5.74, 6) is 0.273. The van der Waals surface area contributed by atoms with E-state index in [1.807, 2.05) is 52.0 Å². The van der Waals surface area contributed by atoms with Crippen LogP contribution in [-0.2, 0) is 16.0 Å². The maximum Gasteiger partial charge on any atom is 0.235 e. The Hall–Kier alpha value is -1.17. The van der Waals surface area contributed by atoms with Crippen LogP contribution in [0.3, 0.4) is 0 Å². The zero-order valence-electron chi connectivity index (χ0n) is 19.3. The molecule has 0 fully saturated rings. The lowest BCUT2D eigenvalue weighted by molar-refractivity contribution is -0.117. The fourth-order valence-corrected chi connectivity index (χ4v) is 2.94. The van der Waals surface area contributed by atoms with E-state index in [4.69, 9.17) is 17.3 Å². The maximum atomic E-state index is 11.8. The Kier molecular flexibility index (Phi) is 15.0. The van der Waals surface area contributed by atoms with Crippen molar-refractivity contribution in [3.63, 3.8) is 0 Å². The Labute approximate surface area is 209 Å². The highest BCUT2D eigenvalue weighted by Crippen LogP contribution is 2.17. The molecule has 0 heterocycles. The van der Waals surface area contributed by atoms with Gasteiger partial charge in [-0.05, 0) is 80.0 Å².